The molecule has 0 fully saturated rings. The van der Waals surface area contributed by atoms with Crippen molar-refractivity contribution in [2.24, 2.45) is 0 Å². The van der Waals surface area contributed by atoms with Gasteiger partial charge in [-0.2, -0.15) is 15.3 Å². The summed E-state index contributed by atoms with van der Waals surface area (Å²) in [5.74, 6) is 0. The van der Waals surface area contributed by atoms with Crippen molar-refractivity contribution in [3.63, 3.8) is 0 Å². The van der Waals surface area contributed by atoms with Gasteiger partial charge in [0.15, 0.2) is 0 Å². The molecule has 2 heterocycles. The highest BCUT2D eigenvalue weighted by molar-refractivity contribution is 6.31. The minimum absolute atomic E-state index is 0.119. The van der Waals surface area contributed by atoms with Crippen molar-refractivity contribution in [1.82, 2.24) is 20.0 Å². The zero-order chi connectivity index (χ0) is 14.9. The molecule has 1 N–H and O–H groups in total. The first-order chi connectivity index (χ1) is 9.45. The summed E-state index contributed by atoms with van der Waals surface area (Å²) in [6.45, 7) is 7.83. The molecule has 2 aromatic rings. The van der Waals surface area contributed by atoms with Crippen LogP contribution in [0.2, 0.25) is 5.02 Å². The molecule has 6 heteroatoms. The SMILES string of the molecule is CCc1nnc(C)cc1C(O)c1c(Cl)cnn1C(C)C. The number of rotatable bonds is 4. The van der Waals surface area contributed by atoms with Crippen LogP contribution >= 0.6 is 11.6 Å². The summed E-state index contributed by atoms with van der Waals surface area (Å²) in [4.78, 5) is 0. The molecule has 1 atom stereocenters. The van der Waals surface area contributed by atoms with Gasteiger partial charge in [0, 0.05) is 11.6 Å². The van der Waals surface area contributed by atoms with Crippen molar-refractivity contribution in [3.8, 4) is 0 Å². The van der Waals surface area contributed by atoms with Crippen molar-refractivity contribution >= 4 is 11.6 Å². The maximum Gasteiger partial charge on any atom is 0.124 e. The van der Waals surface area contributed by atoms with Gasteiger partial charge in [0.25, 0.3) is 0 Å². The summed E-state index contributed by atoms with van der Waals surface area (Å²) < 4.78 is 1.74. The molecule has 5 nitrogen and oxygen atoms in total. The lowest BCUT2D eigenvalue weighted by molar-refractivity contribution is 0.203. The summed E-state index contributed by atoms with van der Waals surface area (Å²) in [6.07, 6.45) is 1.41. The third-order valence-electron chi connectivity index (χ3n) is 3.19. The van der Waals surface area contributed by atoms with Crippen molar-refractivity contribution in [2.45, 2.75) is 46.3 Å². The maximum atomic E-state index is 10.7. The number of hydrogen-bond acceptors (Lipinski definition) is 4. The highest BCUT2D eigenvalue weighted by Gasteiger charge is 2.24. The summed E-state index contributed by atoms with van der Waals surface area (Å²) in [6, 6.07) is 1.97. The van der Waals surface area contributed by atoms with Crippen LogP contribution in [0.4, 0.5) is 0 Å². The number of aliphatic hydroxyl groups excluding tert-OH is 1. The number of aliphatic hydroxyl groups is 1. The van der Waals surface area contributed by atoms with Gasteiger partial charge in [-0.1, -0.05) is 18.5 Å². The molecule has 2 aromatic heterocycles. The predicted molar refractivity (Wildman–Crippen MR) is 77.8 cm³/mol. The number of nitrogens with zero attached hydrogens (tertiary/aromatic N) is 4. The van der Waals surface area contributed by atoms with Crippen LogP contribution in [-0.2, 0) is 6.42 Å². The first kappa shape index (κ1) is 14.9. The molecule has 0 aromatic carbocycles. The zero-order valence-electron chi connectivity index (χ0n) is 12.1. The van der Waals surface area contributed by atoms with E-state index in [4.69, 9.17) is 11.6 Å². The van der Waals surface area contributed by atoms with Gasteiger partial charge in [0.1, 0.15) is 6.10 Å². The van der Waals surface area contributed by atoms with Crippen LogP contribution in [0.25, 0.3) is 0 Å². The first-order valence-corrected chi connectivity index (χ1v) is 7.07. The third-order valence-corrected chi connectivity index (χ3v) is 3.48. The van der Waals surface area contributed by atoms with Crippen molar-refractivity contribution in [2.75, 3.05) is 0 Å². The van der Waals surface area contributed by atoms with Crippen LogP contribution in [0.15, 0.2) is 12.3 Å². The van der Waals surface area contributed by atoms with E-state index in [1.54, 1.807) is 10.9 Å². The Balaban J connectivity index is 2.54. The van der Waals surface area contributed by atoms with Gasteiger partial charge in [-0.15, -0.1) is 0 Å². The molecule has 0 aliphatic carbocycles. The fourth-order valence-corrected chi connectivity index (χ4v) is 2.44. The molecule has 0 amide bonds. The van der Waals surface area contributed by atoms with Crippen LogP contribution in [0, 0.1) is 6.92 Å². The molecule has 0 radical (unpaired) electrons. The lowest BCUT2D eigenvalue weighted by Crippen LogP contribution is -2.15. The maximum absolute atomic E-state index is 10.7. The molecule has 0 aliphatic rings. The van der Waals surface area contributed by atoms with Gasteiger partial charge < -0.3 is 5.11 Å². The molecule has 0 spiro atoms. The fraction of sp³-hybridized carbons (Fsp3) is 0.500. The minimum Gasteiger partial charge on any atom is -0.382 e. The Bertz CT molecular complexity index is 609. The van der Waals surface area contributed by atoms with Crippen molar-refractivity contribution in [3.05, 3.63) is 39.9 Å². The number of aromatic nitrogens is 4. The Kier molecular flexibility index (Phi) is 4.40. The molecule has 20 heavy (non-hydrogen) atoms. The van der Waals surface area contributed by atoms with Crippen LogP contribution < -0.4 is 0 Å². The van der Waals surface area contributed by atoms with Gasteiger partial charge in [0.05, 0.1) is 28.3 Å². The summed E-state index contributed by atoms with van der Waals surface area (Å²) in [7, 11) is 0. The summed E-state index contributed by atoms with van der Waals surface area (Å²) in [5.41, 5.74) is 2.88. The van der Waals surface area contributed by atoms with E-state index in [-0.39, 0.29) is 6.04 Å². The first-order valence-electron chi connectivity index (χ1n) is 6.69. The van der Waals surface area contributed by atoms with Crippen LogP contribution in [0.1, 0.15) is 55.6 Å². The van der Waals surface area contributed by atoms with Gasteiger partial charge >= 0.3 is 0 Å². The summed E-state index contributed by atoms with van der Waals surface area (Å²) in [5, 5.41) is 23.6. The predicted octanol–water partition coefficient (Wildman–Crippen LogP) is 2.86. The normalized spacial score (nSPS) is 12.9. The molecule has 1 unspecified atom stereocenters. The average Bonchev–Trinajstić information content (AvgIpc) is 2.80. The van der Waals surface area contributed by atoms with Crippen molar-refractivity contribution < 1.29 is 5.11 Å². The standard InChI is InChI=1S/C14H19ClN4O/c1-5-12-10(6-9(4)17-18-12)14(20)13-11(15)7-16-19(13)8(2)3/h6-8,14,20H,5H2,1-4H3. The molecular weight excluding hydrogens is 276 g/mol. The second-order valence-electron chi connectivity index (χ2n) is 5.06. The fourth-order valence-electron chi connectivity index (χ4n) is 2.21. The molecule has 0 bridgehead atoms. The van der Waals surface area contributed by atoms with Gasteiger partial charge in [-0.05, 0) is 33.3 Å². The zero-order valence-corrected chi connectivity index (χ0v) is 12.9. The molecule has 108 valence electrons. The minimum atomic E-state index is -0.850. The van der Waals surface area contributed by atoms with Gasteiger partial charge in [-0.25, -0.2) is 0 Å². The molecule has 0 saturated heterocycles. The van der Waals surface area contributed by atoms with Gasteiger partial charge in [0.2, 0.25) is 0 Å². The molecule has 0 aliphatic heterocycles. The molecule has 2 rings (SSSR count). The van der Waals surface area contributed by atoms with E-state index in [0.717, 1.165) is 17.0 Å². The highest BCUT2D eigenvalue weighted by atomic mass is 35.5. The van der Waals surface area contributed by atoms with E-state index in [1.807, 2.05) is 33.8 Å². The second-order valence-corrected chi connectivity index (χ2v) is 5.47. The third kappa shape index (κ3) is 2.69. The smallest absolute Gasteiger partial charge is 0.124 e. The molecular formula is C14H19ClN4O. The monoisotopic (exact) mass is 294 g/mol. The Labute approximate surface area is 123 Å². The molecule has 0 saturated carbocycles. The van der Waals surface area contributed by atoms with Crippen LogP contribution in [0.3, 0.4) is 0 Å². The van der Waals surface area contributed by atoms with Gasteiger partial charge in [-0.3, -0.25) is 4.68 Å². The van der Waals surface area contributed by atoms with E-state index < -0.39 is 6.10 Å². The second kappa shape index (κ2) is 5.89. The van der Waals surface area contributed by atoms with E-state index >= 15 is 0 Å². The lowest BCUT2D eigenvalue weighted by Gasteiger charge is -2.18. The topological polar surface area (TPSA) is 63.8 Å². The summed E-state index contributed by atoms with van der Waals surface area (Å²) >= 11 is 6.19. The average molecular weight is 295 g/mol. The van der Waals surface area contributed by atoms with Crippen LogP contribution in [0.5, 0.6) is 0 Å². The number of hydrogen-bond donors (Lipinski definition) is 1. The van der Waals surface area contributed by atoms with Crippen LogP contribution in [-0.4, -0.2) is 25.1 Å². The Morgan fingerprint density at radius 3 is 2.65 bits per heavy atom. The Morgan fingerprint density at radius 1 is 1.35 bits per heavy atom. The van der Waals surface area contributed by atoms with E-state index in [9.17, 15) is 5.11 Å². The Hall–Kier alpha value is -1.46. The van der Waals surface area contributed by atoms with E-state index in [2.05, 4.69) is 15.3 Å². The largest absolute Gasteiger partial charge is 0.382 e. The number of halogens is 1. The van der Waals surface area contributed by atoms with E-state index in [1.165, 1.54) is 0 Å². The Morgan fingerprint density at radius 2 is 2.05 bits per heavy atom. The lowest BCUT2D eigenvalue weighted by atomic mass is 10.0. The quantitative estimate of drug-likeness (QED) is 0.942. The van der Waals surface area contributed by atoms with E-state index in [0.29, 0.717) is 17.1 Å². The highest BCUT2D eigenvalue weighted by Crippen LogP contribution is 2.31. The van der Waals surface area contributed by atoms with Crippen molar-refractivity contribution in [1.29, 1.82) is 0 Å². The number of aryl methyl sites for hydroxylation is 2.